The number of hydrogen-bond donors (Lipinski definition) is 1. The third-order valence-corrected chi connectivity index (χ3v) is 3.17. The standard InChI is InChI=1S/C14H18N2O4/c1-3-19-11-5-4-9(8-10(11)15)14(18)20-12-6-7-16(2)13(12)17/h4-5,8,12H,3,6-7,15H2,1-2H3. The van der Waals surface area contributed by atoms with Gasteiger partial charge in [0, 0.05) is 20.0 Å². The van der Waals surface area contributed by atoms with Crippen molar-refractivity contribution >= 4 is 17.6 Å². The Morgan fingerprint density at radius 1 is 1.50 bits per heavy atom. The van der Waals surface area contributed by atoms with Gasteiger partial charge in [0.15, 0.2) is 6.10 Å². The second-order valence-corrected chi connectivity index (χ2v) is 4.63. The van der Waals surface area contributed by atoms with Crippen LogP contribution in [-0.4, -0.2) is 43.1 Å². The van der Waals surface area contributed by atoms with Crippen LogP contribution in [0.25, 0.3) is 0 Å². The summed E-state index contributed by atoms with van der Waals surface area (Å²) in [6, 6.07) is 4.70. The molecule has 0 bridgehead atoms. The van der Waals surface area contributed by atoms with Crippen molar-refractivity contribution in [3.8, 4) is 5.75 Å². The van der Waals surface area contributed by atoms with Crippen LogP contribution in [0.3, 0.4) is 0 Å². The van der Waals surface area contributed by atoms with E-state index < -0.39 is 12.1 Å². The van der Waals surface area contributed by atoms with Crippen molar-refractivity contribution in [1.82, 2.24) is 4.90 Å². The van der Waals surface area contributed by atoms with Crippen LogP contribution in [0.2, 0.25) is 0 Å². The molecule has 1 heterocycles. The molecule has 1 saturated heterocycles. The number of benzene rings is 1. The molecule has 0 aromatic heterocycles. The fourth-order valence-corrected chi connectivity index (χ4v) is 2.06. The van der Waals surface area contributed by atoms with Crippen LogP contribution in [0, 0.1) is 0 Å². The summed E-state index contributed by atoms with van der Waals surface area (Å²) in [4.78, 5) is 25.2. The summed E-state index contributed by atoms with van der Waals surface area (Å²) in [5.74, 6) is -0.189. The maximum atomic E-state index is 12.0. The largest absolute Gasteiger partial charge is 0.492 e. The van der Waals surface area contributed by atoms with Gasteiger partial charge in [0.05, 0.1) is 17.9 Å². The number of nitrogens with zero attached hydrogens (tertiary/aromatic N) is 1. The number of anilines is 1. The molecular formula is C14H18N2O4. The van der Waals surface area contributed by atoms with E-state index in [-0.39, 0.29) is 5.91 Å². The van der Waals surface area contributed by atoms with Gasteiger partial charge in [-0.15, -0.1) is 0 Å². The zero-order valence-electron chi connectivity index (χ0n) is 11.6. The highest BCUT2D eigenvalue weighted by Crippen LogP contribution is 2.23. The van der Waals surface area contributed by atoms with E-state index in [2.05, 4.69) is 0 Å². The van der Waals surface area contributed by atoms with Crippen LogP contribution in [0.4, 0.5) is 5.69 Å². The molecule has 1 atom stereocenters. The summed E-state index contributed by atoms with van der Waals surface area (Å²) < 4.78 is 10.5. The minimum absolute atomic E-state index is 0.169. The molecule has 0 saturated carbocycles. The maximum absolute atomic E-state index is 12.0. The molecule has 1 aromatic carbocycles. The van der Waals surface area contributed by atoms with Gasteiger partial charge in [0.25, 0.3) is 5.91 Å². The van der Waals surface area contributed by atoms with Gasteiger partial charge >= 0.3 is 5.97 Å². The fourth-order valence-electron chi connectivity index (χ4n) is 2.06. The lowest BCUT2D eigenvalue weighted by Gasteiger charge is -2.12. The summed E-state index contributed by atoms with van der Waals surface area (Å²) in [5, 5.41) is 0. The summed E-state index contributed by atoms with van der Waals surface area (Å²) in [5.41, 5.74) is 6.48. The minimum Gasteiger partial charge on any atom is -0.492 e. The number of ether oxygens (including phenoxy) is 2. The van der Waals surface area contributed by atoms with Crippen molar-refractivity contribution in [2.75, 3.05) is 25.9 Å². The highest BCUT2D eigenvalue weighted by Gasteiger charge is 2.32. The Bertz CT molecular complexity index is 530. The highest BCUT2D eigenvalue weighted by molar-refractivity contribution is 5.94. The van der Waals surface area contributed by atoms with Gasteiger partial charge < -0.3 is 20.1 Å². The normalized spacial score (nSPS) is 18.2. The second kappa shape index (κ2) is 5.81. The smallest absolute Gasteiger partial charge is 0.338 e. The molecule has 0 radical (unpaired) electrons. The lowest BCUT2D eigenvalue weighted by Crippen LogP contribution is -2.29. The molecule has 1 aromatic rings. The van der Waals surface area contributed by atoms with Crippen molar-refractivity contribution in [3.05, 3.63) is 23.8 Å². The second-order valence-electron chi connectivity index (χ2n) is 4.63. The van der Waals surface area contributed by atoms with Crippen LogP contribution in [0.5, 0.6) is 5.75 Å². The third kappa shape index (κ3) is 2.84. The van der Waals surface area contributed by atoms with E-state index in [4.69, 9.17) is 15.2 Å². The number of carbonyl (C=O) groups is 2. The van der Waals surface area contributed by atoms with E-state index in [1.165, 1.54) is 6.07 Å². The SMILES string of the molecule is CCOc1ccc(C(=O)OC2CCN(C)C2=O)cc1N. The molecule has 1 unspecified atom stereocenters. The molecular weight excluding hydrogens is 260 g/mol. The number of likely N-dealkylation sites (tertiary alicyclic amines) is 1. The highest BCUT2D eigenvalue weighted by atomic mass is 16.5. The lowest BCUT2D eigenvalue weighted by molar-refractivity contribution is -0.133. The Morgan fingerprint density at radius 2 is 2.25 bits per heavy atom. The molecule has 1 fully saturated rings. The molecule has 2 N–H and O–H groups in total. The topological polar surface area (TPSA) is 81.9 Å². The van der Waals surface area contributed by atoms with Crippen LogP contribution in [0.15, 0.2) is 18.2 Å². The molecule has 6 nitrogen and oxygen atoms in total. The van der Waals surface area contributed by atoms with Crippen molar-refractivity contribution in [2.24, 2.45) is 0 Å². The van der Waals surface area contributed by atoms with E-state index >= 15 is 0 Å². The zero-order valence-corrected chi connectivity index (χ0v) is 11.6. The first-order valence-electron chi connectivity index (χ1n) is 6.51. The predicted molar refractivity (Wildman–Crippen MR) is 73.5 cm³/mol. The molecule has 20 heavy (non-hydrogen) atoms. The van der Waals surface area contributed by atoms with Crippen molar-refractivity contribution in [2.45, 2.75) is 19.4 Å². The average Bonchev–Trinajstić information content (AvgIpc) is 2.73. The zero-order chi connectivity index (χ0) is 14.7. The number of amides is 1. The van der Waals surface area contributed by atoms with E-state index in [1.54, 1.807) is 24.1 Å². The Morgan fingerprint density at radius 3 is 2.80 bits per heavy atom. The average molecular weight is 278 g/mol. The Labute approximate surface area is 117 Å². The molecule has 6 heteroatoms. The quantitative estimate of drug-likeness (QED) is 0.657. The molecule has 108 valence electrons. The molecule has 0 aliphatic carbocycles. The Hall–Kier alpha value is -2.24. The summed E-state index contributed by atoms with van der Waals surface area (Å²) in [6.45, 7) is 2.95. The summed E-state index contributed by atoms with van der Waals surface area (Å²) in [6.07, 6.45) is -0.173. The van der Waals surface area contributed by atoms with Gasteiger partial charge in [-0.2, -0.15) is 0 Å². The number of carbonyl (C=O) groups excluding carboxylic acids is 2. The van der Waals surface area contributed by atoms with Gasteiger partial charge in [0.1, 0.15) is 5.75 Å². The van der Waals surface area contributed by atoms with Gasteiger partial charge in [-0.3, -0.25) is 4.79 Å². The third-order valence-electron chi connectivity index (χ3n) is 3.17. The van der Waals surface area contributed by atoms with Gasteiger partial charge in [0.2, 0.25) is 0 Å². The number of esters is 1. The van der Waals surface area contributed by atoms with Crippen molar-refractivity contribution < 1.29 is 19.1 Å². The first kappa shape index (κ1) is 14.2. The van der Waals surface area contributed by atoms with Crippen LogP contribution in [-0.2, 0) is 9.53 Å². The summed E-state index contributed by atoms with van der Waals surface area (Å²) in [7, 11) is 1.69. The van der Waals surface area contributed by atoms with Gasteiger partial charge in [-0.1, -0.05) is 0 Å². The van der Waals surface area contributed by atoms with Crippen LogP contribution in [0.1, 0.15) is 23.7 Å². The van der Waals surface area contributed by atoms with Gasteiger partial charge in [-0.25, -0.2) is 4.79 Å². The first-order valence-corrected chi connectivity index (χ1v) is 6.51. The summed E-state index contributed by atoms with van der Waals surface area (Å²) >= 11 is 0. The number of hydrogen-bond acceptors (Lipinski definition) is 5. The number of nitrogen functional groups attached to an aromatic ring is 1. The Kier molecular flexibility index (Phi) is 4.12. The van der Waals surface area contributed by atoms with Crippen LogP contribution >= 0.6 is 0 Å². The van der Waals surface area contributed by atoms with Gasteiger partial charge in [-0.05, 0) is 25.1 Å². The minimum atomic E-state index is -0.694. The van der Waals surface area contributed by atoms with E-state index in [0.717, 1.165) is 0 Å². The predicted octanol–water partition coefficient (Wildman–Crippen LogP) is 1.05. The Balaban J connectivity index is 2.06. The molecule has 0 spiro atoms. The van der Waals surface area contributed by atoms with Crippen molar-refractivity contribution in [3.63, 3.8) is 0 Å². The number of rotatable bonds is 4. The molecule has 1 amide bonds. The fraction of sp³-hybridized carbons (Fsp3) is 0.429. The van der Waals surface area contributed by atoms with E-state index in [0.29, 0.717) is 36.6 Å². The van der Waals surface area contributed by atoms with E-state index in [9.17, 15) is 9.59 Å². The van der Waals surface area contributed by atoms with Crippen LogP contribution < -0.4 is 10.5 Å². The van der Waals surface area contributed by atoms with Crippen molar-refractivity contribution in [1.29, 1.82) is 0 Å². The molecule has 1 aliphatic heterocycles. The first-order chi connectivity index (χ1) is 9.52. The van der Waals surface area contributed by atoms with E-state index in [1.807, 2.05) is 6.92 Å². The number of likely N-dealkylation sites (N-methyl/N-ethyl adjacent to an activating group) is 1. The molecule has 1 aliphatic rings. The lowest BCUT2D eigenvalue weighted by atomic mass is 10.2. The monoisotopic (exact) mass is 278 g/mol. The number of nitrogens with two attached hydrogens (primary N) is 1. The molecule has 2 rings (SSSR count). The maximum Gasteiger partial charge on any atom is 0.338 e.